The first kappa shape index (κ1) is 15.3. The standard InChI is InChI=1S/C21H18FN3O/c22-18-3-1-2-14(12-18)20(24-9-7-23-13-24)17-10-15-4-5-19(26)25-8-6-16(11-17)21(15)25/h1-3,7,9-13,20H,4-6,8H2. The van der Waals surface area contributed by atoms with Crippen molar-refractivity contribution >= 4 is 11.6 Å². The summed E-state index contributed by atoms with van der Waals surface area (Å²) in [5.41, 5.74) is 5.53. The molecule has 5 rings (SSSR count). The van der Waals surface area contributed by atoms with E-state index in [1.807, 2.05) is 21.7 Å². The number of halogens is 1. The normalized spacial score (nSPS) is 16.7. The first-order valence-corrected chi connectivity index (χ1v) is 8.89. The summed E-state index contributed by atoms with van der Waals surface area (Å²) in [6.07, 6.45) is 7.62. The van der Waals surface area contributed by atoms with Crippen molar-refractivity contribution in [3.05, 3.63) is 83.2 Å². The molecule has 3 aromatic rings. The number of carbonyl (C=O) groups is 1. The van der Waals surface area contributed by atoms with Crippen LogP contribution in [0.3, 0.4) is 0 Å². The SMILES string of the molecule is O=C1CCc2cc(C(c3cccc(F)c3)n3ccnc3)cc3c2N1CC3. The van der Waals surface area contributed by atoms with Gasteiger partial charge in [-0.1, -0.05) is 24.3 Å². The molecule has 130 valence electrons. The molecule has 2 aromatic carbocycles. The van der Waals surface area contributed by atoms with E-state index in [-0.39, 0.29) is 17.8 Å². The summed E-state index contributed by atoms with van der Waals surface area (Å²) in [7, 11) is 0. The average Bonchev–Trinajstić information content (AvgIpc) is 3.30. The molecule has 2 aliphatic rings. The number of amides is 1. The maximum Gasteiger partial charge on any atom is 0.227 e. The Labute approximate surface area is 150 Å². The molecule has 1 amide bonds. The van der Waals surface area contributed by atoms with Crippen LogP contribution < -0.4 is 4.90 Å². The Morgan fingerprint density at radius 1 is 1.04 bits per heavy atom. The minimum Gasteiger partial charge on any atom is -0.326 e. The molecule has 0 aliphatic carbocycles. The fourth-order valence-electron chi connectivity index (χ4n) is 4.28. The zero-order valence-corrected chi connectivity index (χ0v) is 14.2. The minimum absolute atomic E-state index is 0.138. The van der Waals surface area contributed by atoms with Gasteiger partial charge in [0.05, 0.1) is 18.1 Å². The molecule has 1 aromatic heterocycles. The summed E-state index contributed by atoms with van der Waals surface area (Å²) in [6, 6.07) is 11.0. The van der Waals surface area contributed by atoms with Gasteiger partial charge in [0.1, 0.15) is 5.82 Å². The summed E-state index contributed by atoms with van der Waals surface area (Å²) in [5.74, 6) is -0.0211. The molecule has 5 heteroatoms. The van der Waals surface area contributed by atoms with Gasteiger partial charge in [-0.3, -0.25) is 4.79 Å². The van der Waals surface area contributed by atoms with Crippen molar-refractivity contribution in [3.63, 3.8) is 0 Å². The van der Waals surface area contributed by atoms with Crippen molar-refractivity contribution in [1.29, 1.82) is 0 Å². The maximum absolute atomic E-state index is 13.9. The van der Waals surface area contributed by atoms with Crippen LogP contribution in [0.4, 0.5) is 10.1 Å². The van der Waals surface area contributed by atoms with Crippen LogP contribution in [0.25, 0.3) is 0 Å². The van der Waals surface area contributed by atoms with Crippen LogP contribution in [0.1, 0.15) is 34.7 Å². The third-order valence-corrected chi connectivity index (χ3v) is 5.38. The van der Waals surface area contributed by atoms with E-state index in [1.54, 1.807) is 24.7 Å². The summed E-state index contributed by atoms with van der Waals surface area (Å²) in [6.45, 7) is 0.764. The van der Waals surface area contributed by atoms with E-state index in [0.717, 1.165) is 36.2 Å². The number of benzene rings is 2. The average molecular weight is 347 g/mol. The van der Waals surface area contributed by atoms with E-state index in [9.17, 15) is 9.18 Å². The second-order valence-electron chi connectivity index (χ2n) is 6.95. The highest BCUT2D eigenvalue weighted by molar-refractivity contribution is 5.98. The van der Waals surface area contributed by atoms with Gasteiger partial charge in [-0.15, -0.1) is 0 Å². The smallest absolute Gasteiger partial charge is 0.227 e. The molecule has 1 unspecified atom stereocenters. The quantitative estimate of drug-likeness (QED) is 0.727. The molecule has 4 nitrogen and oxygen atoms in total. The Morgan fingerprint density at radius 2 is 1.88 bits per heavy atom. The van der Waals surface area contributed by atoms with Gasteiger partial charge >= 0.3 is 0 Å². The van der Waals surface area contributed by atoms with Gasteiger partial charge < -0.3 is 9.47 Å². The Kier molecular flexibility index (Phi) is 3.42. The van der Waals surface area contributed by atoms with E-state index >= 15 is 0 Å². The van der Waals surface area contributed by atoms with Crippen LogP contribution in [-0.4, -0.2) is 22.0 Å². The lowest BCUT2D eigenvalue weighted by Crippen LogP contribution is -2.32. The fourth-order valence-corrected chi connectivity index (χ4v) is 4.28. The number of anilines is 1. The predicted molar refractivity (Wildman–Crippen MR) is 96.7 cm³/mol. The fraction of sp³-hybridized carbons (Fsp3) is 0.238. The second-order valence-corrected chi connectivity index (χ2v) is 6.95. The number of nitrogens with zero attached hydrogens (tertiary/aromatic N) is 3. The largest absolute Gasteiger partial charge is 0.326 e. The van der Waals surface area contributed by atoms with Crippen molar-refractivity contribution in [3.8, 4) is 0 Å². The summed E-state index contributed by atoms with van der Waals surface area (Å²) in [4.78, 5) is 18.3. The number of rotatable bonds is 3. The number of imidazole rings is 1. The molecule has 3 heterocycles. The third-order valence-electron chi connectivity index (χ3n) is 5.38. The van der Waals surface area contributed by atoms with E-state index in [0.29, 0.717) is 6.42 Å². The van der Waals surface area contributed by atoms with Crippen LogP contribution in [0.5, 0.6) is 0 Å². The lowest BCUT2D eigenvalue weighted by molar-refractivity contribution is -0.118. The first-order chi connectivity index (χ1) is 12.7. The Morgan fingerprint density at radius 3 is 2.65 bits per heavy atom. The topological polar surface area (TPSA) is 38.1 Å². The van der Waals surface area contributed by atoms with Gasteiger partial charge in [0.15, 0.2) is 0 Å². The molecular formula is C21H18FN3O. The van der Waals surface area contributed by atoms with Crippen molar-refractivity contribution in [2.24, 2.45) is 0 Å². The molecule has 1 atom stereocenters. The monoisotopic (exact) mass is 347 g/mol. The lowest BCUT2D eigenvalue weighted by atomic mass is 9.91. The van der Waals surface area contributed by atoms with E-state index in [2.05, 4.69) is 17.1 Å². The van der Waals surface area contributed by atoms with Gasteiger partial charge in [0.2, 0.25) is 5.91 Å². The number of aryl methyl sites for hydroxylation is 1. The number of aromatic nitrogens is 2. The van der Waals surface area contributed by atoms with Gasteiger partial charge in [0, 0.05) is 25.4 Å². The molecule has 0 N–H and O–H groups in total. The number of carbonyl (C=O) groups excluding carboxylic acids is 1. The van der Waals surface area contributed by atoms with E-state index < -0.39 is 0 Å². The van der Waals surface area contributed by atoms with Crippen LogP contribution in [-0.2, 0) is 17.6 Å². The molecular weight excluding hydrogens is 329 g/mol. The molecule has 0 radical (unpaired) electrons. The predicted octanol–water partition coefficient (Wildman–Crippen LogP) is 3.50. The zero-order valence-electron chi connectivity index (χ0n) is 14.2. The van der Waals surface area contributed by atoms with E-state index in [1.165, 1.54) is 17.2 Å². The molecule has 0 fully saturated rings. The molecule has 0 bridgehead atoms. The zero-order chi connectivity index (χ0) is 17.7. The highest BCUT2D eigenvalue weighted by Crippen LogP contribution is 2.40. The summed E-state index contributed by atoms with van der Waals surface area (Å²) in [5, 5.41) is 0. The minimum atomic E-state index is -0.244. The van der Waals surface area contributed by atoms with Crippen molar-refractivity contribution in [1.82, 2.24) is 9.55 Å². The van der Waals surface area contributed by atoms with Gasteiger partial charge in [0.25, 0.3) is 0 Å². The van der Waals surface area contributed by atoms with Crippen LogP contribution >= 0.6 is 0 Å². The summed E-state index contributed by atoms with van der Waals surface area (Å²) < 4.78 is 15.9. The lowest BCUT2D eigenvalue weighted by Gasteiger charge is -2.27. The Balaban J connectivity index is 1.68. The van der Waals surface area contributed by atoms with E-state index in [4.69, 9.17) is 0 Å². The number of hydrogen-bond donors (Lipinski definition) is 0. The van der Waals surface area contributed by atoms with Crippen molar-refractivity contribution < 1.29 is 9.18 Å². The third kappa shape index (κ3) is 2.35. The van der Waals surface area contributed by atoms with Crippen LogP contribution in [0, 0.1) is 5.82 Å². The van der Waals surface area contributed by atoms with Gasteiger partial charge in [-0.2, -0.15) is 0 Å². The molecule has 2 aliphatic heterocycles. The number of hydrogen-bond acceptors (Lipinski definition) is 2. The highest BCUT2D eigenvalue weighted by atomic mass is 19.1. The molecule has 0 saturated heterocycles. The first-order valence-electron chi connectivity index (χ1n) is 8.89. The van der Waals surface area contributed by atoms with Crippen molar-refractivity contribution in [2.75, 3.05) is 11.4 Å². The van der Waals surface area contributed by atoms with Gasteiger partial charge in [-0.05, 0) is 47.2 Å². The Bertz CT molecular complexity index is 996. The highest BCUT2D eigenvalue weighted by Gasteiger charge is 2.32. The second kappa shape index (κ2) is 5.80. The maximum atomic E-state index is 13.9. The van der Waals surface area contributed by atoms with Crippen molar-refractivity contribution in [2.45, 2.75) is 25.3 Å². The molecule has 26 heavy (non-hydrogen) atoms. The van der Waals surface area contributed by atoms with Crippen LogP contribution in [0.2, 0.25) is 0 Å². The summed E-state index contributed by atoms with van der Waals surface area (Å²) >= 11 is 0. The molecule has 0 saturated carbocycles. The van der Waals surface area contributed by atoms with Gasteiger partial charge in [-0.25, -0.2) is 9.37 Å². The molecule has 0 spiro atoms. The van der Waals surface area contributed by atoms with Crippen LogP contribution in [0.15, 0.2) is 55.1 Å². The Hall–Kier alpha value is -2.95.